The number of carbonyl (C=O) groups excluding carboxylic acids is 4. The number of likely N-dealkylation sites (tertiary alicyclic amines) is 1. The number of hydroxylamine groups is 2. The van der Waals surface area contributed by atoms with Gasteiger partial charge in [-0.15, -0.1) is 11.3 Å². The van der Waals surface area contributed by atoms with Gasteiger partial charge in [0.25, 0.3) is 5.91 Å². The van der Waals surface area contributed by atoms with Crippen molar-refractivity contribution in [3.05, 3.63) is 29.2 Å². The topological polar surface area (TPSA) is 149 Å². The molecule has 1 aliphatic heterocycles. The smallest absolute Gasteiger partial charge is 0.265 e. The van der Waals surface area contributed by atoms with Gasteiger partial charge in [0.15, 0.2) is 0 Å². The highest BCUT2D eigenvalue weighted by Gasteiger charge is 2.39. The van der Waals surface area contributed by atoms with Crippen LogP contribution >= 0.6 is 11.3 Å². The lowest BCUT2D eigenvalue weighted by Crippen LogP contribution is -2.58. The summed E-state index contributed by atoms with van der Waals surface area (Å²) in [5.74, 6) is -0.865. The number of hydrogen-bond donors (Lipinski definition) is 2. The van der Waals surface area contributed by atoms with Crippen LogP contribution in [0.1, 0.15) is 81.1 Å². The van der Waals surface area contributed by atoms with Gasteiger partial charge in [-0.1, -0.05) is 46.5 Å². The van der Waals surface area contributed by atoms with Crippen LogP contribution < -0.4 is 5.32 Å². The SMILES string of the molecule is Cc1nc(-c2cnccn2)sc1C(=O)N1CCC(N(C)C(=O)[C@@H](NC(=O)C(CC2CCCC2)CN(O)C=O)C(C)(C)C)CC1. The fourth-order valence-corrected chi connectivity index (χ4v) is 7.18. The van der Waals surface area contributed by atoms with Gasteiger partial charge in [-0.2, -0.15) is 0 Å². The minimum Gasteiger partial charge on any atom is -0.344 e. The quantitative estimate of drug-likeness (QED) is 0.218. The normalized spacial score (nSPS) is 17.6. The van der Waals surface area contributed by atoms with Crippen LogP contribution in [-0.4, -0.2) is 97.9 Å². The van der Waals surface area contributed by atoms with E-state index in [1.807, 2.05) is 27.7 Å². The molecule has 12 nitrogen and oxygen atoms in total. The highest BCUT2D eigenvalue weighted by molar-refractivity contribution is 7.17. The molecule has 0 radical (unpaired) electrons. The molecule has 4 amide bonds. The Morgan fingerprint density at radius 1 is 1.16 bits per heavy atom. The minimum atomic E-state index is -0.798. The van der Waals surface area contributed by atoms with Crippen molar-refractivity contribution in [3.8, 4) is 10.7 Å². The molecule has 0 aromatic carbocycles. The van der Waals surface area contributed by atoms with Gasteiger partial charge in [-0.25, -0.2) is 10.0 Å². The Bertz CT molecular complexity index is 1300. The largest absolute Gasteiger partial charge is 0.344 e. The maximum absolute atomic E-state index is 13.9. The molecule has 2 fully saturated rings. The molecule has 1 unspecified atom stereocenters. The Morgan fingerprint density at radius 2 is 1.84 bits per heavy atom. The molecule has 44 heavy (non-hydrogen) atoms. The first-order valence-electron chi connectivity index (χ1n) is 15.4. The van der Waals surface area contributed by atoms with E-state index in [0.29, 0.717) is 71.0 Å². The third-order valence-electron chi connectivity index (χ3n) is 8.81. The Morgan fingerprint density at radius 3 is 2.43 bits per heavy atom. The summed E-state index contributed by atoms with van der Waals surface area (Å²) < 4.78 is 0. The monoisotopic (exact) mass is 627 g/mol. The standard InChI is InChI=1S/C31H45N7O5S/c1-20-25(44-28(34-20)24-17-32-12-13-33-24)29(41)37-14-10-23(11-15-37)36(5)30(42)26(31(2,3)4)35-27(40)22(18-38(43)19-39)16-21-8-6-7-9-21/h12-13,17,19,21-23,26,43H,6-11,14-16,18H2,1-5H3,(H,35,40)/t22?,26-/m1/s1. The second kappa shape index (κ2) is 14.6. The lowest BCUT2D eigenvalue weighted by atomic mass is 9.84. The van der Waals surface area contributed by atoms with Crippen LogP contribution in [0.3, 0.4) is 0 Å². The summed E-state index contributed by atoms with van der Waals surface area (Å²) in [4.78, 5) is 69.0. The predicted octanol–water partition coefficient (Wildman–Crippen LogP) is 3.55. The van der Waals surface area contributed by atoms with Crippen LogP contribution in [0.25, 0.3) is 10.7 Å². The number of nitrogens with one attached hydrogen (secondary N) is 1. The molecule has 2 atom stereocenters. The van der Waals surface area contributed by atoms with Crippen molar-refractivity contribution >= 4 is 35.5 Å². The Kier molecular flexibility index (Phi) is 11.1. The predicted molar refractivity (Wildman–Crippen MR) is 166 cm³/mol. The number of carbonyl (C=O) groups is 4. The van der Waals surface area contributed by atoms with Crippen LogP contribution in [-0.2, 0) is 14.4 Å². The van der Waals surface area contributed by atoms with E-state index in [9.17, 15) is 24.4 Å². The molecule has 0 spiro atoms. The molecule has 1 saturated heterocycles. The van der Waals surface area contributed by atoms with Gasteiger partial charge >= 0.3 is 0 Å². The summed E-state index contributed by atoms with van der Waals surface area (Å²) >= 11 is 1.31. The number of amides is 4. The zero-order valence-electron chi connectivity index (χ0n) is 26.4. The van der Waals surface area contributed by atoms with Crippen molar-refractivity contribution in [1.82, 2.24) is 35.1 Å². The van der Waals surface area contributed by atoms with Crippen molar-refractivity contribution in [2.24, 2.45) is 17.3 Å². The average Bonchev–Trinajstić information content (AvgIpc) is 3.67. The Labute approximate surface area is 263 Å². The van der Waals surface area contributed by atoms with Crippen LogP contribution in [0.4, 0.5) is 0 Å². The van der Waals surface area contributed by atoms with E-state index < -0.39 is 17.4 Å². The first-order valence-corrected chi connectivity index (χ1v) is 16.2. The van der Waals surface area contributed by atoms with E-state index in [2.05, 4.69) is 20.3 Å². The highest BCUT2D eigenvalue weighted by Crippen LogP contribution is 2.32. The number of hydrogen-bond acceptors (Lipinski definition) is 9. The summed E-state index contributed by atoms with van der Waals surface area (Å²) in [5, 5.41) is 14.0. The van der Waals surface area contributed by atoms with Gasteiger partial charge < -0.3 is 15.1 Å². The van der Waals surface area contributed by atoms with E-state index in [4.69, 9.17) is 0 Å². The molecular formula is C31H45N7O5S. The molecule has 1 aliphatic carbocycles. The molecule has 2 aliphatic rings. The third-order valence-corrected chi connectivity index (χ3v) is 9.98. The molecule has 2 aromatic heterocycles. The lowest BCUT2D eigenvalue weighted by molar-refractivity contribution is -0.156. The van der Waals surface area contributed by atoms with E-state index in [-0.39, 0.29) is 30.3 Å². The zero-order valence-corrected chi connectivity index (χ0v) is 27.2. The van der Waals surface area contributed by atoms with Gasteiger partial charge in [-0.05, 0) is 37.5 Å². The van der Waals surface area contributed by atoms with E-state index in [1.165, 1.54) is 11.3 Å². The fourth-order valence-electron chi connectivity index (χ4n) is 6.19. The molecule has 2 aromatic rings. The number of piperidine rings is 1. The van der Waals surface area contributed by atoms with Crippen LogP contribution in [0.2, 0.25) is 0 Å². The van der Waals surface area contributed by atoms with Gasteiger partial charge in [-0.3, -0.25) is 34.4 Å². The van der Waals surface area contributed by atoms with Crippen molar-refractivity contribution in [1.29, 1.82) is 0 Å². The summed E-state index contributed by atoms with van der Waals surface area (Å²) in [6.07, 6.45) is 11.2. The van der Waals surface area contributed by atoms with Crippen LogP contribution in [0.5, 0.6) is 0 Å². The molecule has 1 saturated carbocycles. The molecule has 13 heteroatoms. The van der Waals surface area contributed by atoms with Gasteiger partial charge in [0, 0.05) is 38.6 Å². The number of thiazole rings is 1. The van der Waals surface area contributed by atoms with Gasteiger partial charge in [0.1, 0.15) is 21.6 Å². The zero-order chi connectivity index (χ0) is 32.0. The van der Waals surface area contributed by atoms with Crippen molar-refractivity contribution in [2.75, 3.05) is 26.7 Å². The lowest BCUT2D eigenvalue weighted by Gasteiger charge is -2.40. The van der Waals surface area contributed by atoms with Gasteiger partial charge in [0.05, 0.1) is 24.4 Å². The van der Waals surface area contributed by atoms with Crippen LogP contribution in [0, 0.1) is 24.2 Å². The van der Waals surface area contributed by atoms with E-state index in [0.717, 1.165) is 25.7 Å². The summed E-state index contributed by atoms with van der Waals surface area (Å²) in [6, 6.07) is -0.892. The maximum atomic E-state index is 13.9. The van der Waals surface area contributed by atoms with Gasteiger partial charge in [0.2, 0.25) is 18.2 Å². The number of aromatic nitrogens is 3. The molecule has 0 bridgehead atoms. The number of rotatable bonds is 11. The first-order chi connectivity index (χ1) is 20.9. The fraction of sp³-hybridized carbons (Fsp3) is 0.645. The first kappa shape index (κ1) is 33.4. The molecule has 4 rings (SSSR count). The summed E-state index contributed by atoms with van der Waals surface area (Å²) in [5.41, 5.74) is 0.702. The summed E-state index contributed by atoms with van der Waals surface area (Å²) in [6.45, 7) is 8.42. The van der Waals surface area contributed by atoms with Crippen molar-refractivity contribution in [2.45, 2.75) is 84.7 Å². The molecular weight excluding hydrogens is 582 g/mol. The van der Waals surface area contributed by atoms with E-state index >= 15 is 0 Å². The van der Waals surface area contributed by atoms with Crippen molar-refractivity contribution < 1.29 is 24.4 Å². The molecule has 2 N–H and O–H groups in total. The summed E-state index contributed by atoms with van der Waals surface area (Å²) in [7, 11) is 1.76. The van der Waals surface area contributed by atoms with E-state index in [1.54, 1.807) is 35.4 Å². The second-order valence-corrected chi connectivity index (χ2v) is 14.1. The number of likely N-dealkylation sites (N-methyl/N-ethyl adjacent to an activating group) is 1. The Balaban J connectivity index is 1.39. The minimum absolute atomic E-state index is 0.0797. The second-order valence-electron chi connectivity index (χ2n) is 13.1. The third kappa shape index (κ3) is 8.17. The van der Waals surface area contributed by atoms with Crippen LogP contribution in [0.15, 0.2) is 18.6 Å². The molecule has 240 valence electrons. The number of nitrogens with zero attached hydrogens (tertiary/aromatic N) is 6. The highest BCUT2D eigenvalue weighted by atomic mass is 32.1. The Hall–Kier alpha value is -3.45. The molecule has 3 heterocycles. The maximum Gasteiger partial charge on any atom is 0.265 e. The average molecular weight is 628 g/mol. The number of aryl methyl sites for hydroxylation is 1. The van der Waals surface area contributed by atoms with Crippen molar-refractivity contribution in [3.63, 3.8) is 0 Å².